The van der Waals surface area contributed by atoms with E-state index in [0.717, 1.165) is 25.7 Å². The number of hydrogen-bond acceptors (Lipinski definition) is 2. The van der Waals surface area contributed by atoms with E-state index >= 15 is 0 Å². The normalized spacial score (nSPS) is 33.4. The van der Waals surface area contributed by atoms with E-state index in [4.69, 9.17) is 10.6 Å². The van der Waals surface area contributed by atoms with E-state index in [-0.39, 0.29) is 11.7 Å². The maximum atomic E-state index is 10.9. The van der Waals surface area contributed by atoms with Crippen molar-refractivity contribution in [3.05, 3.63) is 0 Å². The van der Waals surface area contributed by atoms with Gasteiger partial charge in [-0.1, -0.05) is 6.92 Å². The van der Waals surface area contributed by atoms with Crippen molar-refractivity contribution in [3.63, 3.8) is 0 Å². The monoisotopic (exact) mass is 190 g/mol. The minimum absolute atomic E-state index is 0.0199. The Kier molecular flexibility index (Phi) is 3.63. The summed E-state index contributed by atoms with van der Waals surface area (Å²) in [7, 11) is -2.00. The summed E-state index contributed by atoms with van der Waals surface area (Å²) in [6.07, 6.45) is 3.77. The SMILES string of the molecule is CCC(C1CCC(N)C1)[P+](=O)O. The molecule has 1 aliphatic rings. The first-order valence-electron chi connectivity index (χ1n) is 4.56. The van der Waals surface area contributed by atoms with Gasteiger partial charge in [0.1, 0.15) is 0 Å². The molecule has 4 atom stereocenters. The highest BCUT2D eigenvalue weighted by molar-refractivity contribution is 7.38. The quantitative estimate of drug-likeness (QED) is 0.665. The van der Waals surface area contributed by atoms with Crippen LogP contribution in [0.15, 0.2) is 0 Å². The van der Waals surface area contributed by atoms with Crippen molar-refractivity contribution in [1.82, 2.24) is 0 Å². The topological polar surface area (TPSA) is 63.3 Å². The van der Waals surface area contributed by atoms with Crippen molar-refractivity contribution in [2.75, 3.05) is 0 Å². The molecule has 3 N–H and O–H groups in total. The highest BCUT2D eigenvalue weighted by Gasteiger charge is 2.39. The molecule has 0 bridgehead atoms. The first-order valence-corrected chi connectivity index (χ1v) is 5.84. The lowest BCUT2D eigenvalue weighted by Crippen LogP contribution is -2.18. The smallest absolute Gasteiger partial charge is 0.328 e. The van der Waals surface area contributed by atoms with Crippen LogP contribution in [-0.4, -0.2) is 16.6 Å². The lowest BCUT2D eigenvalue weighted by Gasteiger charge is -2.09. The van der Waals surface area contributed by atoms with Crippen molar-refractivity contribution >= 4 is 8.03 Å². The Bertz CT molecular complexity index is 174. The molecule has 12 heavy (non-hydrogen) atoms. The minimum atomic E-state index is -2.00. The predicted octanol–water partition coefficient (Wildman–Crippen LogP) is 1.63. The van der Waals surface area contributed by atoms with Crippen LogP contribution in [0.2, 0.25) is 0 Å². The average Bonchev–Trinajstić information content (AvgIpc) is 2.37. The molecule has 1 saturated carbocycles. The molecule has 70 valence electrons. The Labute approximate surface area is 74.2 Å². The van der Waals surface area contributed by atoms with Gasteiger partial charge in [-0.25, -0.2) is 0 Å². The van der Waals surface area contributed by atoms with E-state index in [9.17, 15) is 4.57 Å². The Morgan fingerprint density at radius 1 is 1.67 bits per heavy atom. The van der Waals surface area contributed by atoms with Gasteiger partial charge < -0.3 is 5.73 Å². The molecule has 0 aromatic heterocycles. The molecule has 1 aliphatic carbocycles. The molecule has 0 spiro atoms. The van der Waals surface area contributed by atoms with Gasteiger partial charge in [0.05, 0.1) is 0 Å². The summed E-state index contributed by atoms with van der Waals surface area (Å²) in [4.78, 5) is 9.03. The highest BCUT2D eigenvalue weighted by atomic mass is 31.1. The molecule has 4 heteroatoms. The lowest BCUT2D eigenvalue weighted by molar-refractivity contribution is 0.430. The number of nitrogens with two attached hydrogens (primary N) is 1. The Balaban J connectivity index is 2.49. The van der Waals surface area contributed by atoms with E-state index in [1.165, 1.54) is 0 Å². The third-order valence-electron chi connectivity index (χ3n) is 2.76. The van der Waals surface area contributed by atoms with Crippen molar-refractivity contribution in [1.29, 1.82) is 0 Å². The molecular formula is C8H17NO2P+. The predicted molar refractivity (Wildman–Crippen MR) is 49.2 cm³/mol. The van der Waals surface area contributed by atoms with Crippen LogP contribution >= 0.6 is 8.03 Å². The van der Waals surface area contributed by atoms with Crippen molar-refractivity contribution in [2.45, 2.75) is 44.3 Å². The molecule has 0 aliphatic heterocycles. The Morgan fingerprint density at radius 2 is 2.33 bits per heavy atom. The molecular weight excluding hydrogens is 173 g/mol. The van der Waals surface area contributed by atoms with Gasteiger partial charge in [0.2, 0.25) is 0 Å². The van der Waals surface area contributed by atoms with Crippen molar-refractivity contribution < 1.29 is 9.46 Å². The molecule has 0 aromatic carbocycles. The molecule has 3 nitrogen and oxygen atoms in total. The van der Waals surface area contributed by atoms with E-state index in [2.05, 4.69) is 0 Å². The van der Waals surface area contributed by atoms with Gasteiger partial charge >= 0.3 is 8.03 Å². The van der Waals surface area contributed by atoms with Gasteiger partial charge in [-0.15, -0.1) is 0 Å². The van der Waals surface area contributed by atoms with E-state index < -0.39 is 8.03 Å². The van der Waals surface area contributed by atoms with Crippen LogP contribution in [0, 0.1) is 5.92 Å². The molecule has 0 heterocycles. The molecule has 0 saturated heterocycles. The summed E-state index contributed by atoms with van der Waals surface area (Å²) >= 11 is 0. The zero-order chi connectivity index (χ0) is 9.14. The summed E-state index contributed by atoms with van der Waals surface area (Å²) in [5.41, 5.74) is 5.72. The summed E-state index contributed by atoms with van der Waals surface area (Å²) < 4.78 is 10.9. The van der Waals surface area contributed by atoms with Crippen LogP contribution in [0.3, 0.4) is 0 Å². The van der Waals surface area contributed by atoms with Crippen LogP contribution < -0.4 is 5.73 Å². The first kappa shape index (κ1) is 10.1. The first-order chi connectivity index (χ1) is 5.65. The largest absolute Gasteiger partial charge is 0.508 e. The molecule has 0 aromatic rings. The summed E-state index contributed by atoms with van der Waals surface area (Å²) in [5.74, 6) is 0.388. The van der Waals surface area contributed by atoms with Crippen molar-refractivity contribution in [3.8, 4) is 0 Å². The van der Waals surface area contributed by atoms with Gasteiger partial charge in [-0.05, 0) is 30.2 Å². The van der Waals surface area contributed by atoms with Crippen LogP contribution in [-0.2, 0) is 4.57 Å². The Hall–Kier alpha value is 0.0200. The fourth-order valence-corrected chi connectivity index (χ4v) is 3.02. The third-order valence-corrected chi connectivity index (χ3v) is 4.11. The fourth-order valence-electron chi connectivity index (χ4n) is 2.07. The van der Waals surface area contributed by atoms with E-state index in [1.807, 2.05) is 6.92 Å². The van der Waals surface area contributed by atoms with Crippen LogP contribution in [0.5, 0.6) is 0 Å². The average molecular weight is 190 g/mol. The summed E-state index contributed by atoms with van der Waals surface area (Å²) in [5, 5.41) is 0. The number of rotatable bonds is 3. The second-order valence-electron chi connectivity index (χ2n) is 3.61. The summed E-state index contributed by atoms with van der Waals surface area (Å²) in [6.45, 7) is 1.97. The Morgan fingerprint density at radius 3 is 2.67 bits per heavy atom. The second kappa shape index (κ2) is 4.31. The maximum Gasteiger partial charge on any atom is 0.508 e. The minimum Gasteiger partial charge on any atom is -0.328 e. The second-order valence-corrected chi connectivity index (χ2v) is 4.88. The third kappa shape index (κ3) is 2.25. The summed E-state index contributed by atoms with van der Waals surface area (Å²) in [6, 6.07) is 0.263. The standard InChI is InChI=1S/C8H16NO2P/c1-2-8(12(10)11)6-3-4-7(9)5-6/h6-8H,2-5,9H2,1H3/p+1. The fraction of sp³-hybridized carbons (Fsp3) is 1.00. The molecule has 1 fully saturated rings. The molecule has 0 radical (unpaired) electrons. The van der Waals surface area contributed by atoms with E-state index in [1.54, 1.807) is 0 Å². The van der Waals surface area contributed by atoms with Crippen LogP contribution in [0.25, 0.3) is 0 Å². The van der Waals surface area contributed by atoms with Gasteiger partial charge in [0.25, 0.3) is 0 Å². The van der Waals surface area contributed by atoms with Gasteiger partial charge in [-0.3, -0.25) is 0 Å². The lowest BCUT2D eigenvalue weighted by atomic mass is 10.0. The number of hydrogen-bond donors (Lipinski definition) is 2. The van der Waals surface area contributed by atoms with Crippen LogP contribution in [0.1, 0.15) is 32.6 Å². The highest BCUT2D eigenvalue weighted by Crippen LogP contribution is 2.39. The zero-order valence-electron chi connectivity index (χ0n) is 7.44. The van der Waals surface area contributed by atoms with Gasteiger partial charge in [0, 0.05) is 12.0 Å². The molecule has 1 rings (SSSR count). The maximum absolute atomic E-state index is 10.9. The van der Waals surface area contributed by atoms with Crippen LogP contribution in [0.4, 0.5) is 0 Å². The molecule has 0 amide bonds. The van der Waals surface area contributed by atoms with Crippen molar-refractivity contribution in [2.24, 2.45) is 11.7 Å². The zero-order valence-corrected chi connectivity index (χ0v) is 8.33. The molecule has 4 unspecified atom stereocenters. The van der Waals surface area contributed by atoms with E-state index in [0.29, 0.717) is 5.92 Å². The van der Waals surface area contributed by atoms with Gasteiger partial charge in [0.15, 0.2) is 5.66 Å². The van der Waals surface area contributed by atoms with Gasteiger partial charge in [-0.2, -0.15) is 4.89 Å².